The van der Waals surface area contributed by atoms with Crippen LogP contribution in [0.15, 0.2) is 54.6 Å². The number of hydrogen-bond acceptors (Lipinski definition) is 2. The monoisotopic (exact) mass is 332 g/mol. The number of amides is 2. The summed E-state index contributed by atoms with van der Waals surface area (Å²) >= 11 is 5.99. The van der Waals surface area contributed by atoms with E-state index in [1.54, 1.807) is 31.3 Å². The molecule has 2 aromatic rings. The van der Waals surface area contributed by atoms with Gasteiger partial charge in [0.25, 0.3) is 11.8 Å². The number of halogens is 1. The van der Waals surface area contributed by atoms with Gasteiger partial charge in [-0.1, -0.05) is 41.9 Å². The van der Waals surface area contributed by atoms with Crippen molar-refractivity contribution in [3.8, 4) is 0 Å². The van der Waals surface area contributed by atoms with E-state index in [4.69, 9.17) is 11.6 Å². The Morgan fingerprint density at radius 1 is 0.913 bits per heavy atom. The van der Waals surface area contributed by atoms with E-state index in [0.717, 1.165) is 10.6 Å². The number of benzene rings is 2. The highest BCUT2D eigenvalue weighted by atomic mass is 35.5. The lowest BCUT2D eigenvalue weighted by Crippen LogP contribution is -3.11. The van der Waals surface area contributed by atoms with Crippen molar-refractivity contribution in [1.82, 2.24) is 0 Å². The number of carbonyl (C=O) groups is 2. The van der Waals surface area contributed by atoms with Crippen molar-refractivity contribution in [2.24, 2.45) is 0 Å². The Hall–Kier alpha value is -2.37. The molecule has 0 fully saturated rings. The van der Waals surface area contributed by atoms with Gasteiger partial charge in [0.1, 0.15) is 0 Å². The molecule has 23 heavy (non-hydrogen) atoms. The van der Waals surface area contributed by atoms with Crippen LogP contribution < -0.4 is 15.5 Å². The third-order valence-corrected chi connectivity index (χ3v) is 3.46. The summed E-state index contributed by atoms with van der Waals surface area (Å²) in [6.07, 6.45) is 0. The van der Waals surface area contributed by atoms with E-state index in [1.807, 2.05) is 30.3 Å². The predicted octanol–water partition coefficient (Wildman–Crippen LogP) is 1.43. The van der Waals surface area contributed by atoms with E-state index in [1.165, 1.54) is 0 Å². The number of para-hydroxylation sites is 2. The third kappa shape index (κ3) is 5.73. The molecule has 5 nitrogen and oxygen atoms in total. The Kier molecular flexibility index (Phi) is 6.14. The number of nitrogens with one attached hydrogen (secondary N) is 3. The summed E-state index contributed by atoms with van der Waals surface area (Å²) in [5.74, 6) is -0.331. The minimum Gasteiger partial charge on any atom is -0.322 e. The van der Waals surface area contributed by atoms with E-state index in [9.17, 15) is 9.59 Å². The first kappa shape index (κ1) is 17.0. The average molecular weight is 333 g/mol. The molecule has 0 saturated carbocycles. The third-order valence-electron chi connectivity index (χ3n) is 3.13. The zero-order chi connectivity index (χ0) is 16.7. The van der Waals surface area contributed by atoms with Gasteiger partial charge < -0.3 is 15.5 Å². The van der Waals surface area contributed by atoms with Crippen LogP contribution in [-0.2, 0) is 9.59 Å². The molecule has 0 saturated heterocycles. The van der Waals surface area contributed by atoms with Crippen LogP contribution in [0.4, 0.5) is 11.4 Å². The fourth-order valence-electron chi connectivity index (χ4n) is 2.09. The molecule has 0 radical (unpaired) electrons. The van der Waals surface area contributed by atoms with Crippen LogP contribution in [-0.4, -0.2) is 32.0 Å². The number of rotatable bonds is 6. The zero-order valence-electron chi connectivity index (χ0n) is 12.8. The molecular formula is C17H19ClN3O2+. The summed E-state index contributed by atoms with van der Waals surface area (Å²) in [5, 5.41) is 6.02. The van der Waals surface area contributed by atoms with Crippen molar-refractivity contribution in [2.75, 3.05) is 30.8 Å². The molecule has 0 spiro atoms. The first-order chi connectivity index (χ1) is 11.0. The fraction of sp³-hybridized carbons (Fsp3) is 0.176. The lowest BCUT2D eigenvalue weighted by atomic mass is 10.3. The molecule has 2 amide bonds. The molecular weight excluding hydrogens is 314 g/mol. The minimum atomic E-state index is -0.192. The summed E-state index contributed by atoms with van der Waals surface area (Å²) in [6.45, 7) is 0.373. The van der Waals surface area contributed by atoms with Gasteiger partial charge in [-0.2, -0.15) is 0 Å². The molecule has 0 heterocycles. The van der Waals surface area contributed by atoms with Crippen LogP contribution >= 0.6 is 11.6 Å². The van der Waals surface area contributed by atoms with E-state index in [0.29, 0.717) is 10.7 Å². The summed E-state index contributed by atoms with van der Waals surface area (Å²) < 4.78 is 0. The lowest BCUT2D eigenvalue weighted by molar-refractivity contribution is -0.862. The van der Waals surface area contributed by atoms with Crippen molar-refractivity contribution >= 4 is 34.8 Å². The molecule has 0 aliphatic carbocycles. The highest BCUT2D eigenvalue weighted by Gasteiger charge is 2.15. The maximum absolute atomic E-state index is 12.0. The smallest absolute Gasteiger partial charge is 0.279 e. The van der Waals surface area contributed by atoms with Gasteiger partial charge in [0.15, 0.2) is 13.1 Å². The van der Waals surface area contributed by atoms with Gasteiger partial charge in [-0.3, -0.25) is 9.59 Å². The predicted molar refractivity (Wildman–Crippen MR) is 91.8 cm³/mol. The lowest BCUT2D eigenvalue weighted by Gasteiger charge is -2.14. The largest absolute Gasteiger partial charge is 0.322 e. The molecule has 1 atom stereocenters. The Bertz CT molecular complexity index is 677. The van der Waals surface area contributed by atoms with Crippen molar-refractivity contribution in [2.45, 2.75) is 0 Å². The topological polar surface area (TPSA) is 62.6 Å². The van der Waals surface area contributed by atoms with E-state index in [2.05, 4.69) is 10.6 Å². The second-order valence-electron chi connectivity index (χ2n) is 5.25. The number of quaternary nitrogens is 1. The van der Waals surface area contributed by atoms with Crippen LogP contribution in [0.1, 0.15) is 0 Å². The summed E-state index contributed by atoms with van der Waals surface area (Å²) in [5.41, 5.74) is 1.31. The zero-order valence-corrected chi connectivity index (χ0v) is 13.6. The summed E-state index contributed by atoms with van der Waals surface area (Å²) in [4.78, 5) is 24.7. The molecule has 0 aliphatic rings. The van der Waals surface area contributed by atoms with Crippen LogP contribution in [0.3, 0.4) is 0 Å². The second kappa shape index (κ2) is 8.31. The van der Waals surface area contributed by atoms with Crippen LogP contribution in [0.2, 0.25) is 5.02 Å². The average Bonchev–Trinajstić information content (AvgIpc) is 2.50. The molecule has 2 aromatic carbocycles. The molecule has 3 N–H and O–H groups in total. The second-order valence-corrected chi connectivity index (χ2v) is 5.66. The van der Waals surface area contributed by atoms with E-state index < -0.39 is 0 Å². The maximum atomic E-state index is 12.0. The van der Waals surface area contributed by atoms with Gasteiger partial charge in [-0.05, 0) is 24.3 Å². The first-order valence-corrected chi connectivity index (χ1v) is 7.63. The Balaban J connectivity index is 1.80. The highest BCUT2D eigenvalue weighted by molar-refractivity contribution is 6.33. The van der Waals surface area contributed by atoms with E-state index in [-0.39, 0.29) is 24.9 Å². The Morgan fingerprint density at radius 3 is 2.13 bits per heavy atom. The Morgan fingerprint density at radius 2 is 1.48 bits per heavy atom. The van der Waals surface area contributed by atoms with Gasteiger partial charge in [0.2, 0.25) is 0 Å². The number of likely N-dealkylation sites (N-methyl/N-ethyl adjacent to an activating group) is 1. The molecule has 6 heteroatoms. The molecule has 0 bridgehead atoms. The Labute approximate surface area is 140 Å². The van der Waals surface area contributed by atoms with Gasteiger partial charge >= 0.3 is 0 Å². The van der Waals surface area contributed by atoms with Crippen molar-refractivity contribution in [3.63, 3.8) is 0 Å². The molecule has 2 rings (SSSR count). The van der Waals surface area contributed by atoms with Crippen molar-refractivity contribution in [1.29, 1.82) is 0 Å². The highest BCUT2D eigenvalue weighted by Crippen LogP contribution is 2.19. The van der Waals surface area contributed by atoms with Gasteiger partial charge in [0, 0.05) is 5.69 Å². The number of anilines is 2. The van der Waals surface area contributed by atoms with Crippen LogP contribution in [0.25, 0.3) is 0 Å². The maximum Gasteiger partial charge on any atom is 0.279 e. The molecule has 120 valence electrons. The van der Waals surface area contributed by atoms with Gasteiger partial charge in [-0.15, -0.1) is 0 Å². The van der Waals surface area contributed by atoms with Gasteiger partial charge in [-0.25, -0.2) is 0 Å². The molecule has 0 aromatic heterocycles. The number of carbonyl (C=O) groups excluding carboxylic acids is 2. The first-order valence-electron chi connectivity index (χ1n) is 7.25. The SMILES string of the molecule is C[NH+](CC(=O)Nc1ccccc1)CC(=O)Nc1ccccc1Cl. The quantitative estimate of drug-likeness (QED) is 0.749. The van der Waals surface area contributed by atoms with Crippen molar-refractivity contribution in [3.05, 3.63) is 59.6 Å². The normalized spacial score (nSPS) is 11.6. The van der Waals surface area contributed by atoms with Crippen LogP contribution in [0.5, 0.6) is 0 Å². The molecule has 1 unspecified atom stereocenters. The minimum absolute atomic E-state index is 0.140. The summed E-state index contributed by atoms with van der Waals surface area (Å²) in [6, 6.07) is 16.3. The van der Waals surface area contributed by atoms with Crippen LogP contribution in [0, 0.1) is 0 Å². The van der Waals surface area contributed by atoms with Gasteiger partial charge in [0.05, 0.1) is 17.8 Å². The number of hydrogen-bond donors (Lipinski definition) is 3. The standard InChI is InChI=1S/C17H18ClN3O2/c1-21(11-16(22)19-13-7-3-2-4-8-13)12-17(23)20-15-10-6-5-9-14(15)18/h2-10H,11-12H2,1H3,(H,19,22)(H,20,23)/p+1. The fourth-order valence-corrected chi connectivity index (χ4v) is 2.28. The summed E-state index contributed by atoms with van der Waals surface area (Å²) in [7, 11) is 1.79. The van der Waals surface area contributed by atoms with Crippen molar-refractivity contribution < 1.29 is 14.5 Å². The van der Waals surface area contributed by atoms with E-state index >= 15 is 0 Å². The molecule has 0 aliphatic heterocycles.